The maximum Gasteiger partial charge on any atom is 0.296 e. The molecule has 1 unspecified atom stereocenters. The second-order valence-electron chi connectivity index (χ2n) is 8.62. The van der Waals surface area contributed by atoms with E-state index >= 15 is 0 Å². The quantitative estimate of drug-likeness (QED) is 0.302. The van der Waals surface area contributed by atoms with Gasteiger partial charge in [0.2, 0.25) is 5.78 Å². The predicted octanol–water partition coefficient (Wildman–Crippen LogP) is 6.83. The summed E-state index contributed by atoms with van der Waals surface area (Å²) in [4.78, 5) is 33.5. The average molecular weight is 489 g/mol. The molecule has 34 heavy (non-hydrogen) atoms. The predicted molar refractivity (Wildman–Crippen MR) is 138 cm³/mol. The second-order valence-corrected chi connectivity index (χ2v) is 10.6. The van der Waals surface area contributed by atoms with Gasteiger partial charge in [-0.2, -0.15) is 0 Å². The van der Waals surface area contributed by atoms with E-state index in [9.17, 15) is 14.7 Å². The number of hydrogen-bond donors (Lipinski definition) is 1. The van der Waals surface area contributed by atoms with Gasteiger partial charge in [-0.3, -0.25) is 14.5 Å². The molecule has 1 aliphatic heterocycles. The third-order valence-electron chi connectivity index (χ3n) is 6.17. The number of carbonyl (C=O) groups is 2. The summed E-state index contributed by atoms with van der Waals surface area (Å²) in [6.07, 6.45) is 0.901. The number of hydrogen-bond acceptors (Lipinski definition) is 6. The Labute approximate surface area is 206 Å². The SMILES string of the molecule is CCc1ccc2nc(N3C(=O)C(O)=C(C(=O)c4cccs4)C3c3ccc(C(C)C)cc3)sc2c1. The highest BCUT2D eigenvalue weighted by Gasteiger charge is 2.46. The minimum absolute atomic E-state index is 0.0956. The number of carbonyl (C=O) groups excluding carboxylic acids is 2. The van der Waals surface area contributed by atoms with Gasteiger partial charge in [0.05, 0.1) is 26.7 Å². The van der Waals surface area contributed by atoms with E-state index in [-0.39, 0.29) is 11.4 Å². The molecule has 0 radical (unpaired) electrons. The van der Waals surface area contributed by atoms with Crippen molar-refractivity contribution in [3.63, 3.8) is 0 Å². The highest BCUT2D eigenvalue weighted by Crippen LogP contribution is 2.44. The molecule has 0 saturated carbocycles. The van der Waals surface area contributed by atoms with Gasteiger partial charge in [-0.1, -0.05) is 68.5 Å². The van der Waals surface area contributed by atoms with Gasteiger partial charge in [-0.15, -0.1) is 11.3 Å². The molecule has 3 heterocycles. The van der Waals surface area contributed by atoms with E-state index in [1.165, 1.54) is 33.1 Å². The fourth-order valence-corrected chi connectivity index (χ4v) is 5.97. The maximum atomic E-state index is 13.5. The van der Waals surface area contributed by atoms with Crippen LogP contribution in [-0.4, -0.2) is 21.8 Å². The molecule has 7 heteroatoms. The third-order valence-corrected chi connectivity index (χ3v) is 8.06. The average Bonchev–Trinajstić information content (AvgIpc) is 3.57. The van der Waals surface area contributed by atoms with Crippen molar-refractivity contribution in [2.45, 2.75) is 39.2 Å². The van der Waals surface area contributed by atoms with Crippen LogP contribution in [0.3, 0.4) is 0 Å². The van der Waals surface area contributed by atoms with Crippen molar-refractivity contribution in [1.29, 1.82) is 0 Å². The van der Waals surface area contributed by atoms with Gasteiger partial charge in [0.1, 0.15) is 0 Å². The first-order valence-electron chi connectivity index (χ1n) is 11.2. The third kappa shape index (κ3) is 3.75. The minimum Gasteiger partial charge on any atom is -0.503 e. The van der Waals surface area contributed by atoms with Crippen molar-refractivity contribution < 1.29 is 14.7 Å². The number of aromatic nitrogens is 1. The van der Waals surface area contributed by atoms with Gasteiger partial charge in [0.25, 0.3) is 5.91 Å². The van der Waals surface area contributed by atoms with Crippen LogP contribution >= 0.6 is 22.7 Å². The number of aryl methyl sites for hydroxylation is 1. The molecule has 1 atom stereocenters. The van der Waals surface area contributed by atoms with E-state index in [4.69, 9.17) is 4.98 Å². The molecule has 0 bridgehead atoms. The summed E-state index contributed by atoms with van der Waals surface area (Å²) in [5.41, 5.74) is 3.99. The summed E-state index contributed by atoms with van der Waals surface area (Å²) in [5.74, 6) is -1.10. The molecular weight excluding hydrogens is 464 g/mol. The lowest BCUT2D eigenvalue weighted by Crippen LogP contribution is -2.30. The van der Waals surface area contributed by atoms with Gasteiger partial charge < -0.3 is 5.11 Å². The number of ketones is 1. The topological polar surface area (TPSA) is 70.5 Å². The van der Waals surface area contributed by atoms with Gasteiger partial charge in [-0.25, -0.2) is 4.98 Å². The zero-order chi connectivity index (χ0) is 24.0. The summed E-state index contributed by atoms with van der Waals surface area (Å²) >= 11 is 2.69. The zero-order valence-electron chi connectivity index (χ0n) is 19.1. The van der Waals surface area contributed by atoms with Crippen LogP contribution in [0, 0.1) is 0 Å². The Morgan fingerprint density at radius 1 is 1.15 bits per heavy atom. The van der Waals surface area contributed by atoms with Crippen LogP contribution in [0.25, 0.3) is 10.2 Å². The summed E-state index contributed by atoms with van der Waals surface area (Å²) in [7, 11) is 0. The number of aliphatic hydroxyl groups is 1. The van der Waals surface area contributed by atoms with Crippen LogP contribution in [0.1, 0.15) is 59.1 Å². The molecule has 1 amide bonds. The Bertz CT molecular complexity index is 1420. The number of anilines is 1. The van der Waals surface area contributed by atoms with E-state index in [2.05, 4.69) is 26.8 Å². The molecule has 2 aromatic heterocycles. The van der Waals surface area contributed by atoms with Crippen LogP contribution in [0.2, 0.25) is 0 Å². The standard InChI is InChI=1S/C27H24N2O3S2/c1-4-16-7-12-19-21(14-16)34-27(28-19)29-23(18-10-8-17(9-11-18)15(2)3)22(25(31)26(29)32)24(30)20-6-5-13-33-20/h5-15,23,31H,4H2,1-3H3. The van der Waals surface area contributed by atoms with Gasteiger partial charge in [-0.05, 0) is 52.6 Å². The number of benzene rings is 2. The number of fused-ring (bicyclic) bond motifs is 1. The lowest BCUT2D eigenvalue weighted by molar-refractivity contribution is -0.117. The van der Waals surface area contributed by atoms with Gasteiger partial charge >= 0.3 is 0 Å². The molecule has 0 spiro atoms. The van der Waals surface area contributed by atoms with E-state index < -0.39 is 17.7 Å². The monoisotopic (exact) mass is 488 g/mol. The fourth-order valence-electron chi connectivity index (χ4n) is 4.23. The summed E-state index contributed by atoms with van der Waals surface area (Å²) in [6, 6.07) is 16.7. The number of Topliss-reactive ketones (excluding diaryl/α,β-unsaturated/α-hetero) is 1. The molecule has 5 nitrogen and oxygen atoms in total. The molecule has 1 aliphatic rings. The second kappa shape index (κ2) is 8.81. The first kappa shape index (κ1) is 22.5. The van der Waals surface area contributed by atoms with Crippen molar-refractivity contribution in [2.24, 2.45) is 0 Å². The van der Waals surface area contributed by atoms with Crippen LogP contribution in [-0.2, 0) is 11.2 Å². The minimum atomic E-state index is -0.755. The smallest absolute Gasteiger partial charge is 0.296 e. The Balaban J connectivity index is 1.66. The Kier molecular flexibility index (Phi) is 5.83. The number of thiazole rings is 1. The Morgan fingerprint density at radius 2 is 1.91 bits per heavy atom. The largest absolute Gasteiger partial charge is 0.503 e. The highest BCUT2D eigenvalue weighted by atomic mass is 32.1. The Hall–Kier alpha value is -3.29. The summed E-state index contributed by atoms with van der Waals surface area (Å²) < 4.78 is 0.966. The van der Waals surface area contributed by atoms with Gasteiger partial charge in [0, 0.05) is 0 Å². The number of rotatable bonds is 6. The Morgan fingerprint density at radius 3 is 2.56 bits per heavy atom. The van der Waals surface area contributed by atoms with E-state index in [1.807, 2.05) is 41.8 Å². The number of amides is 1. The highest BCUT2D eigenvalue weighted by molar-refractivity contribution is 7.22. The van der Waals surface area contributed by atoms with Crippen molar-refractivity contribution in [3.05, 3.63) is 92.9 Å². The number of nitrogens with zero attached hydrogens (tertiary/aromatic N) is 2. The van der Waals surface area contributed by atoms with E-state index in [1.54, 1.807) is 12.1 Å². The van der Waals surface area contributed by atoms with E-state index in [0.29, 0.717) is 15.9 Å². The van der Waals surface area contributed by atoms with Crippen LogP contribution in [0.5, 0.6) is 0 Å². The molecule has 0 saturated heterocycles. The summed E-state index contributed by atoms with van der Waals surface area (Å²) in [5, 5.41) is 13.2. The van der Waals surface area contributed by atoms with Crippen LogP contribution in [0.4, 0.5) is 5.13 Å². The van der Waals surface area contributed by atoms with Crippen molar-refractivity contribution in [1.82, 2.24) is 4.98 Å². The fraction of sp³-hybridized carbons (Fsp3) is 0.222. The van der Waals surface area contributed by atoms with Crippen molar-refractivity contribution in [3.8, 4) is 0 Å². The van der Waals surface area contributed by atoms with Gasteiger partial charge in [0.15, 0.2) is 10.9 Å². The first-order chi connectivity index (χ1) is 16.4. The molecule has 172 valence electrons. The number of thiophene rings is 1. The van der Waals surface area contributed by atoms with Crippen LogP contribution in [0.15, 0.2) is 71.3 Å². The lowest BCUT2D eigenvalue weighted by atomic mass is 9.93. The molecule has 5 rings (SSSR count). The lowest BCUT2D eigenvalue weighted by Gasteiger charge is -2.24. The molecule has 1 N–H and O–H groups in total. The molecule has 0 aliphatic carbocycles. The summed E-state index contributed by atoms with van der Waals surface area (Å²) in [6.45, 7) is 6.32. The van der Waals surface area contributed by atoms with E-state index in [0.717, 1.165) is 27.8 Å². The zero-order valence-corrected chi connectivity index (χ0v) is 20.7. The molecule has 0 fully saturated rings. The maximum absolute atomic E-state index is 13.5. The molecule has 2 aromatic carbocycles. The number of aliphatic hydroxyl groups excluding tert-OH is 1. The molecule has 4 aromatic rings. The molecular formula is C27H24N2O3S2. The van der Waals surface area contributed by atoms with Crippen molar-refractivity contribution in [2.75, 3.05) is 4.90 Å². The van der Waals surface area contributed by atoms with Crippen molar-refractivity contribution >= 4 is 49.7 Å². The normalized spacial score (nSPS) is 16.3. The first-order valence-corrected chi connectivity index (χ1v) is 12.9. The van der Waals surface area contributed by atoms with Crippen LogP contribution < -0.4 is 4.90 Å².